The highest BCUT2D eigenvalue weighted by Crippen LogP contribution is 2.38. The summed E-state index contributed by atoms with van der Waals surface area (Å²) in [6, 6.07) is 65.2. The number of oxazole rings is 1. The second-order valence-electron chi connectivity index (χ2n) is 13.2. The van der Waals surface area contributed by atoms with Crippen molar-refractivity contribution in [3.05, 3.63) is 211 Å². The predicted octanol–water partition coefficient (Wildman–Crippen LogP) is 12.5. The Hall–Kier alpha value is -7.50. The van der Waals surface area contributed by atoms with E-state index in [2.05, 4.69) is 78.9 Å². The second-order valence-corrected chi connectivity index (χ2v) is 13.2. The third-order valence-corrected chi connectivity index (χ3v) is 9.69. The van der Waals surface area contributed by atoms with Gasteiger partial charge in [-0.15, -0.1) is 0 Å². The van der Waals surface area contributed by atoms with Gasteiger partial charge in [-0.25, -0.2) is 15.0 Å². The monoisotopic (exact) mass is 706 g/mol. The lowest BCUT2D eigenvalue weighted by atomic mass is 9.93. The van der Waals surface area contributed by atoms with E-state index in [-0.39, 0.29) is 5.84 Å². The van der Waals surface area contributed by atoms with Gasteiger partial charge in [0.25, 0.3) is 0 Å². The summed E-state index contributed by atoms with van der Waals surface area (Å²) < 4.78 is 6.49. The Morgan fingerprint density at radius 1 is 0.527 bits per heavy atom. The molecule has 5 heteroatoms. The summed E-state index contributed by atoms with van der Waals surface area (Å²) in [5, 5.41) is 11.4. The molecular formula is C50H34N4O. The van der Waals surface area contributed by atoms with Crippen molar-refractivity contribution in [2.45, 2.75) is 0 Å². The summed E-state index contributed by atoms with van der Waals surface area (Å²) in [5.41, 5.74) is 11.2. The summed E-state index contributed by atoms with van der Waals surface area (Å²) in [6.07, 6.45) is 1.80. The van der Waals surface area contributed by atoms with Gasteiger partial charge in [-0.05, 0) is 68.6 Å². The summed E-state index contributed by atoms with van der Waals surface area (Å²) >= 11 is 0. The fourth-order valence-electron chi connectivity index (χ4n) is 6.94. The lowest BCUT2D eigenvalue weighted by Gasteiger charge is -2.12. The normalized spacial score (nSPS) is 11.7. The first-order valence-electron chi connectivity index (χ1n) is 18.2. The van der Waals surface area contributed by atoms with Crippen LogP contribution in [0.15, 0.2) is 209 Å². The topological polar surface area (TPSA) is 74.6 Å². The first-order valence-corrected chi connectivity index (χ1v) is 18.2. The Kier molecular flexibility index (Phi) is 9.01. The molecule has 1 aromatic heterocycles. The van der Waals surface area contributed by atoms with Gasteiger partial charge in [-0.3, -0.25) is 5.41 Å². The molecule has 0 bridgehead atoms. The minimum atomic E-state index is 0.0992. The van der Waals surface area contributed by atoms with Crippen molar-refractivity contribution in [2.24, 2.45) is 9.98 Å². The smallest absolute Gasteiger partial charge is 0.227 e. The summed E-state index contributed by atoms with van der Waals surface area (Å²) in [6.45, 7) is 0. The zero-order valence-electron chi connectivity index (χ0n) is 29.8. The molecule has 0 aliphatic heterocycles. The maximum absolute atomic E-state index is 9.46. The van der Waals surface area contributed by atoms with Gasteiger partial charge >= 0.3 is 0 Å². The van der Waals surface area contributed by atoms with Gasteiger partial charge in [0.2, 0.25) is 5.89 Å². The molecule has 0 radical (unpaired) electrons. The minimum Gasteiger partial charge on any atom is -0.435 e. The number of rotatable bonds is 7. The molecule has 0 spiro atoms. The van der Waals surface area contributed by atoms with Crippen LogP contribution in [0.4, 0.5) is 0 Å². The largest absolute Gasteiger partial charge is 0.435 e. The number of hydrogen-bond donors (Lipinski definition) is 1. The van der Waals surface area contributed by atoms with Crippen LogP contribution in [-0.4, -0.2) is 22.9 Å². The van der Waals surface area contributed by atoms with Crippen LogP contribution in [0, 0.1) is 5.41 Å². The van der Waals surface area contributed by atoms with E-state index in [4.69, 9.17) is 19.4 Å². The third-order valence-electron chi connectivity index (χ3n) is 9.69. The molecule has 9 aromatic rings. The van der Waals surface area contributed by atoms with Crippen LogP contribution >= 0.6 is 0 Å². The number of aromatic nitrogens is 1. The number of benzene rings is 8. The first-order chi connectivity index (χ1) is 27.2. The highest BCUT2D eigenvalue weighted by Gasteiger charge is 2.18. The third kappa shape index (κ3) is 6.90. The number of aliphatic imine (C=N–C) groups is 2. The molecule has 8 aromatic carbocycles. The zero-order valence-corrected chi connectivity index (χ0v) is 29.8. The zero-order chi connectivity index (χ0) is 37.0. The van der Waals surface area contributed by atoms with Gasteiger partial charge < -0.3 is 4.42 Å². The van der Waals surface area contributed by atoms with E-state index in [0.29, 0.717) is 22.9 Å². The lowest BCUT2D eigenvalue weighted by molar-refractivity contribution is 0.623. The predicted molar refractivity (Wildman–Crippen MR) is 227 cm³/mol. The number of nitrogens with one attached hydrogen (secondary N) is 1. The molecule has 0 unspecified atom stereocenters. The Morgan fingerprint density at radius 2 is 1.13 bits per heavy atom. The molecule has 9 rings (SSSR count). The van der Waals surface area contributed by atoms with E-state index in [0.717, 1.165) is 60.8 Å². The molecule has 5 nitrogen and oxygen atoms in total. The van der Waals surface area contributed by atoms with Crippen LogP contribution in [0.2, 0.25) is 0 Å². The maximum Gasteiger partial charge on any atom is 0.227 e. The van der Waals surface area contributed by atoms with Crippen LogP contribution in [-0.2, 0) is 0 Å². The van der Waals surface area contributed by atoms with Crippen molar-refractivity contribution in [1.29, 1.82) is 5.41 Å². The fraction of sp³-hybridized carbons (Fsp3) is 0. The van der Waals surface area contributed by atoms with E-state index < -0.39 is 0 Å². The van der Waals surface area contributed by atoms with E-state index >= 15 is 0 Å². The van der Waals surface area contributed by atoms with E-state index in [1.54, 1.807) is 6.21 Å². The number of nitrogens with zero attached hydrogens (tertiary/aromatic N) is 3. The van der Waals surface area contributed by atoms with Crippen LogP contribution in [0.1, 0.15) is 16.7 Å². The van der Waals surface area contributed by atoms with E-state index in [9.17, 15) is 5.41 Å². The molecule has 0 saturated carbocycles. The van der Waals surface area contributed by atoms with Crippen molar-refractivity contribution in [3.8, 4) is 44.8 Å². The molecule has 1 heterocycles. The van der Waals surface area contributed by atoms with Gasteiger partial charge in [-0.2, -0.15) is 0 Å². The van der Waals surface area contributed by atoms with Crippen molar-refractivity contribution in [1.82, 2.24) is 4.98 Å². The Balaban J connectivity index is 1.11. The summed E-state index contributed by atoms with van der Waals surface area (Å²) in [5.74, 6) is 1.11. The molecule has 260 valence electrons. The van der Waals surface area contributed by atoms with Crippen molar-refractivity contribution >= 4 is 39.8 Å². The molecule has 0 amide bonds. The van der Waals surface area contributed by atoms with Crippen LogP contribution in [0.25, 0.3) is 66.7 Å². The molecule has 0 saturated heterocycles. The van der Waals surface area contributed by atoms with Crippen molar-refractivity contribution in [3.63, 3.8) is 0 Å². The van der Waals surface area contributed by atoms with Gasteiger partial charge in [-0.1, -0.05) is 170 Å². The molecule has 0 aliphatic carbocycles. The fourth-order valence-corrected chi connectivity index (χ4v) is 6.94. The molecule has 0 fully saturated rings. The average molecular weight is 707 g/mol. The second kappa shape index (κ2) is 14.9. The molecule has 1 N–H and O–H groups in total. The van der Waals surface area contributed by atoms with Crippen LogP contribution in [0.5, 0.6) is 0 Å². The maximum atomic E-state index is 9.46. The molecule has 55 heavy (non-hydrogen) atoms. The van der Waals surface area contributed by atoms with Crippen molar-refractivity contribution in [2.75, 3.05) is 0 Å². The van der Waals surface area contributed by atoms with E-state index in [1.165, 1.54) is 5.56 Å². The van der Waals surface area contributed by atoms with Gasteiger partial charge in [0.05, 0.1) is 0 Å². The van der Waals surface area contributed by atoms with Crippen LogP contribution < -0.4 is 0 Å². The van der Waals surface area contributed by atoms with Crippen molar-refractivity contribution < 1.29 is 4.42 Å². The Bertz CT molecular complexity index is 2860. The Morgan fingerprint density at radius 3 is 1.87 bits per heavy atom. The van der Waals surface area contributed by atoms with Crippen LogP contribution in [0.3, 0.4) is 0 Å². The lowest BCUT2D eigenvalue weighted by Crippen LogP contribution is -2.06. The minimum absolute atomic E-state index is 0.0992. The molecule has 0 atom stereocenters. The Labute approximate surface area is 319 Å². The summed E-state index contributed by atoms with van der Waals surface area (Å²) in [4.78, 5) is 14.6. The quantitative estimate of drug-likeness (QED) is 0.132. The number of fused-ring (bicyclic) bond motifs is 3. The van der Waals surface area contributed by atoms with Gasteiger partial charge in [0, 0.05) is 28.3 Å². The highest BCUT2D eigenvalue weighted by molar-refractivity contribution is 6.18. The van der Waals surface area contributed by atoms with Gasteiger partial charge in [0.15, 0.2) is 17.3 Å². The standard InChI is InChI=1S/C50H34N4O/c51-48(44-24-11-10-23-42(44)43-25-13-20-37-30-31-45-47(46(37)43)55-50(53-45)39-18-8-3-9-19-39)54-49(52-33-34-14-4-1-5-15-34)38-28-26-36(27-29-38)41-22-12-21-40(32-41)35-16-6-2-7-17-35/h1-33,51H. The number of amidine groups is 2. The summed E-state index contributed by atoms with van der Waals surface area (Å²) in [7, 11) is 0. The van der Waals surface area contributed by atoms with E-state index in [1.807, 2.05) is 115 Å². The van der Waals surface area contributed by atoms with Gasteiger partial charge in [0.1, 0.15) is 5.52 Å². The average Bonchev–Trinajstić information content (AvgIpc) is 3.71. The number of hydrogen-bond acceptors (Lipinski definition) is 3. The molecule has 0 aliphatic rings. The highest BCUT2D eigenvalue weighted by atomic mass is 16.3. The molecular weight excluding hydrogens is 673 g/mol. The SMILES string of the molecule is N=C(N=C(N=Cc1ccccc1)c1ccc(-c2cccc(-c3ccccc3)c2)cc1)c1ccccc1-c1cccc2ccc3nc(-c4ccccc4)oc3c12. The first kappa shape index (κ1) is 33.3.